The van der Waals surface area contributed by atoms with Crippen molar-refractivity contribution in [2.45, 2.75) is 0 Å². The van der Waals surface area contributed by atoms with Gasteiger partial charge in [0.05, 0.1) is 18.9 Å². The summed E-state index contributed by atoms with van der Waals surface area (Å²) in [5.74, 6) is -1.18. The fourth-order valence-corrected chi connectivity index (χ4v) is 2.50. The molecule has 0 fully saturated rings. The summed E-state index contributed by atoms with van der Waals surface area (Å²) in [5, 5.41) is 7.69. The highest BCUT2D eigenvalue weighted by Gasteiger charge is 2.27. The topological polar surface area (TPSA) is 136 Å². The number of nitrogens with two attached hydrogens (primary N) is 1. The summed E-state index contributed by atoms with van der Waals surface area (Å²) < 4.78 is 32.5. The molecule has 2 aromatic rings. The van der Waals surface area contributed by atoms with Gasteiger partial charge in [-0.1, -0.05) is 18.2 Å². The molecule has 142 valence electrons. The number of carbonyl (C=O) groups is 1. The van der Waals surface area contributed by atoms with Gasteiger partial charge < -0.3 is 10.5 Å². The molecule has 2 rings (SSSR count). The number of pyridine rings is 1. The van der Waals surface area contributed by atoms with Crippen molar-refractivity contribution >= 4 is 33.6 Å². The summed E-state index contributed by atoms with van der Waals surface area (Å²) in [7, 11) is -2.56. The molecule has 0 saturated heterocycles. The van der Waals surface area contributed by atoms with Crippen LogP contribution in [0.1, 0.15) is 11.1 Å². The van der Waals surface area contributed by atoms with Gasteiger partial charge in [-0.25, -0.2) is 0 Å². The van der Waals surface area contributed by atoms with Crippen LogP contribution in [0.25, 0.3) is 11.6 Å². The van der Waals surface area contributed by atoms with Crippen molar-refractivity contribution < 1.29 is 22.2 Å². The number of hydroxylamine groups is 2. The van der Waals surface area contributed by atoms with E-state index < -0.39 is 22.0 Å². The summed E-state index contributed by atoms with van der Waals surface area (Å²) in [6.45, 7) is 0. The van der Waals surface area contributed by atoms with E-state index in [9.17, 15) is 13.2 Å². The first kappa shape index (κ1) is 20.1. The molecule has 9 nitrogen and oxygen atoms in total. The molecule has 1 amide bonds. The molecule has 0 atom stereocenters. The van der Waals surface area contributed by atoms with Gasteiger partial charge >= 0.3 is 0 Å². The van der Waals surface area contributed by atoms with Crippen molar-refractivity contribution in [3.05, 3.63) is 59.9 Å². The Balaban J connectivity index is 2.52. The third-order valence-electron chi connectivity index (χ3n) is 3.24. The highest BCUT2D eigenvalue weighted by atomic mass is 32.2. The second kappa shape index (κ2) is 8.43. The average molecular weight is 390 g/mol. The molecule has 0 unspecified atom stereocenters. The van der Waals surface area contributed by atoms with E-state index >= 15 is 0 Å². The number of ether oxygens (including phenoxy) is 1. The highest BCUT2D eigenvalue weighted by Crippen LogP contribution is 2.22. The number of nitrogens with zero attached hydrogens (tertiary/aromatic N) is 2. The standard InChI is InChI=1S/C17H18N4O5S/c1-25-14-7-5-12(6-8-14)10-15(13-4-3-9-20-11-13)16(22)21(17(18)19)26-27(2,23)24/h3-11H,1-2H3,(H3,18,19)/b15-10+. The van der Waals surface area contributed by atoms with E-state index in [1.54, 1.807) is 36.4 Å². The zero-order chi connectivity index (χ0) is 20.0. The lowest BCUT2D eigenvalue weighted by Gasteiger charge is -2.19. The SMILES string of the molecule is COc1ccc(/C=C(/C(=O)N(OS(C)(=O)=O)C(=N)N)c2cccnc2)cc1. The van der Waals surface area contributed by atoms with Gasteiger partial charge in [0.1, 0.15) is 5.75 Å². The number of benzene rings is 1. The molecule has 1 aromatic heterocycles. The van der Waals surface area contributed by atoms with Crippen LogP contribution in [0.2, 0.25) is 0 Å². The zero-order valence-corrected chi connectivity index (χ0v) is 15.4. The highest BCUT2D eigenvalue weighted by molar-refractivity contribution is 7.85. The van der Waals surface area contributed by atoms with Gasteiger partial charge in [-0.05, 0) is 29.8 Å². The van der Waals surface area contributed by atoms with Gasteiger partial charge in [0.25, 0.3) is 16.0 Å². The number of amides is 1. The average Bonchev–Trinajstić information content (AvgIpc) is 2.64. The van der Waals surface area contributed by atoms with Crippen LogP contribution < -0.4 is 10.5 Å². The quantitative estimate of drug-likeness (QED) is 0.328. The molecule has 0 aliphatic heterocycles. The van der Waals surface area contributed by atoms with Crippen LogP contribution in [0.5, 0.6) is 5.75 Å². The molecular formula is C17H18N4O5S. The number of rotatable bonds is 6. The molecule has 0 aliphatic rings. The summed E-state index contributed by atoms with van der Waals surface area (Å²) in [5.41, 5.74) is 6.39. The summed E-state index contributed by atoms with van der Waals surface area (Å²) in [6, 6.07) is 10.0. The first-order valence-electron chi connectivity index (χ1n) is 7.55. The third-order valence-corrected chi connectivity index (χ3v) is 3.66. The molecule has 0 spiro atoms. The number of carbonyl (C=O) groups excluding carboxylic acids is 1. The maximum atomic E-state index is 12.9. The molecule has 10 heteroatoms. The molecular weight excluding hydrogens is 372 g/mol. The van der Waals surface area contributed by atoms with Gasteiger partial charge in [0, 0.05) is 18.0 Å². The largest absolute Gasteiger partial charge is 0.497 e. The minimum Gasteiger partial charge on any atom is -0.497 e. The van der Waals surface area contributed by atoms with Gasteiger partial charge in [0.15, 0.2) is 0 Å². The van der Waals surface area contributed by atoms with Crippen LogP contribution in [0.3, 0.4) is 0 Å². The zero-order valence-electron chi connectivity index (χ0n) is 14.6. The first-order valence-corrected chi connectivity index (χ1v) is 9.37. The number of hydrogen-bond donors (Lipinski definition) is 2. The smallest absolute Gasteiger partial charge is 0.286 e. The van der Waals surface area contributed by atoms with Gasteiger partial charge in [-0.15, -0.1) is 9.35 Å². The lowest BCUT2D eigenvalue weighted by Crippen LogP contribution is -2.42. The second-order valence-electron chi connectivity index (χ2n) is 5.34. The molecule has 27 heavy (non-hydrogen) atoms. The fraction of sp³-hybridized carbons (Fsp3) is 0.118. The van der Waals surface area contributed by atoms with Gasteiger partial charge in [-0.3, -0.25) is 15.2 Å². The Kier molecular flexibility index (Phi) is 6.27. The lowest BCUT2D eigenvalue weighted by atomic mass is 10.0. The van der Waals surface area contributed by atoms with Gasteiger partial charge in [0.2, 0.25) is 5.96 Å². The van der Waals surface area contributed by atoms with Crippen molar-refractivity contribution in [2.75, 3.05) is 13.4 Å². The van der Waals surface area contributed by atoms with Crippen LogP contribution in [0, 0.1) is 5.41 Å². The monoisotopic (exact) mass is 390 g/mol. The molecule has 0 aliphatic carbocycles. The van der Waals surface area contributed by atoms with E-state index in [0.29, 0.717) is 16.9 Å². The Morgan fingerprint density at radius 2 is 1.93 bits per heavy atom. The van der Waals surface area contributed by atoms with E-state index in [4.69, 9.17) is 15.9 Å². The Morgan fingerprint density at radius 3 is 2.41 bits per heavy atom. The number of methoxy groups -OCH3 is 1. The van der Waals surface area contributed by atoms with Crippen molar-refractivity contribution in [2.24, 2.45) is 5.73 Å². The van der Waals surface area contributed by atoms with Crippen molar-refractivity contribution in [1.29, 1.82) is 5.41 Å². The summed E-state index contributed by atoms with van der Waals surface area (Å²) in [4.78, 5) is 16.8. The molecule has 0 saturated carbocycles. The minimum atomic E-state index is -4.09. The summed E-state index contributed by atoms with van der Waals surface area (Å²) in [6.07, 6.45) is 5.19. The molecule has 1 heterocycles. The summed E-state index contributed by atoms with van der Waals surface area (Å²) >= 11 is 0. The predicted octanol–water partition coefficient (Wildman–Crippen LogP) is 1.24. The van der Waals surface area contributed by atoms with Gasteiger partial charge in [-0.2, -0.15) is 8.42 Å². The Morgan fingerprint density at radius 1 is 1.26 bits per heavy atom. The van der Waals surface area contributed by atoms with E-state index in [2.05, 4.69) is 9.27 Å². The Hall–Kier alpha value is -3.24. The Labute approximate surface area is 156 Å². The first-order chi connectivity index (χ1) is 12.7. The fourth-order valence-electron chi connectivity index (χ4n) is 2.09. The maximum Gasteiger partial charge on any atom is 0.286 e. The lowest BCUT2D eigenvalue weighted by molar-refractivity contribution is -0.137. The van der Waals surface area contributed by atoms with Crippen LogP contribution in [-0.4, -0.2) is 43.7 Å². The second-order valence-corrected chi connectivity index (χ2v) is 6.89. The van der Waals surface area contributed by atoms with E-state index in [1.165, 1.54) is 25.6 Å². The third kappa shape index (κ3) is 5.62. The van der Waals surface area contributed by atoms with Crippen LogP contribution in [-0.2, 0) is 19.2 Å². The number of guanidine groups is 1. The van der Waals surface area contributed by atoms with Crippen molar-refractivity contribution in [1.82, 2.24) is 10.0 Å². The molecule has 0 bridgehead atoms. The van der Waals surface area contributed by atoms with E-state index in [1.807, 2.05) is 0 Å². The van der Waals surface area contributed by atoms with Crippen LogP contribution in [0.15, 0.2) is 48.8 Å². The predicted molar refractivity (Wildman–Crippen MR) is 99.8 cm³/mol. The molecule has 3 N–H and O–H groups in total. The normalized spacial score (nSPS) is 11.7. The number of hydrogen-bond acceptors (Lipinski definition) is 7. The molecule has 1 aromatic carbocycles. The maximum absolute atomic E-state index is 12.9. The number of nitrogens with one attached hydrogen (secondary N) is 1. The van der Waals surface area contributed by atoms with Crippen molar-refractivity contribution in [3.8, 4) is 5.75 Å². The van der Waals surface area contributed by atoms with Crippen LogP contribution >= 0.6 is 0 Å². The minimum absolute atomic E-state index is 0.0344. The molecule has 0 radical (unpaired) electrons. The van der Waals surface area contributed by atoms with E-state index in [0.717, 1.165) is 6.26 Å². The Bertz CT molecular complexity index is 957. The van der Waals surface area contributed by atoms with Crippen molar-refractivity contribution in [3.63, 3.8) is 0 Å². The number of aromatic nitrogens is 1. The van der Waals surface area contributed by atoms with Crippen LogP contribution in [0.4, 0.5) is 0 Å². The van der Waals surface area contributed by atoms with E-state index in [-0.39, 0.29) is 10.6 Å².